The molecule has 1 amide bonds. The largest absolute Gasteiger partial charge is 0.349 e. The zero-order valence-electron chi connectivity index (χ0n) is 9.50. The molecule has 0 saturated carbocycles. The molecule has 0 bridgehead atoms. The monoisotopic (exact) mass is 257 g/mol. The van der Waals surface area contributed by atoms with Crippen LogP contribution in [0.2, 0.25) is 5.02 Å². The molecule has 0 aliphatic carbocycles. The first-order valence-electron chi connectivity index (χ1n) is 5.21. The van der Waals surface area contributed by atoms with Gasteiger partial charge < -0.3 is 5.32 Å². The van der Waals surface area contributed by atoms with Gasteiger partial charge in [-0.25, -0.2) is 0 Å². The Labute approximate surface area is 106 Å². The second-order valence-corrected chi connectivity index (χ2v) is 4.82. The van der Waals surface area contributed by atoms with E-state index in [9.17, 15) is 4.79 Å². The van der Waals surface area contributed by atoms with Gasteiger partial charge in [0.25, 0.3) is 0 Å². The smallest absolute Gasteiger partial charge is 0.230 e. The van der Waals surface area contributed by atoms with Crippen LogP contribution in [0.4, 0.5) is 0 Å². The fraction of sp³-hybridized carbons (Fsp3) is 0.417. The summed E-state index contributed by atoms with van der Waals surface area (Å²) >= 11 is 7.45. The van der Waals surface area contributed by atoms with Crippen LogP contribution < -0.4 is 5.32 Å². The van der Waals surface area contributed by atoms with Crippen LogP contribution in [0.1, 0.15) is 24.9 Å². The highest BCUT2D eigenvalue weighted by molar-refractivity contribution is 7.99. The van der Waals surface area contributed by atoms with Gasteiger partial charge in [-0.05, 0) is 30.4 Å². The predicted molar refractivity (Wildman–Crippen MR) is 71.0 cm³/mol. The van der Waals surface area contributed by atoms with Gasteiger partial charge in [-0.15, -0.1) is 0 Å². The Kier molecular flexibility index (Phi) is 5.71. The van der Waals surface area contributed by atoms with E-state index in [-0.39, 0.29) is 11.9 Å². The molecule has 2 nitrogen and oxygen atoms in total. The van der Waals surface area contributed by atoms with Crippen LogP contribution >= 0.6 is 23.4 Å². The van der Waals surface area contributed by atoms with Crippen LogP contribution in [0.15, 0.2) is 24.3 Å². The van der Waals surface area contributed by atoms with Crippen molar-refractivity contribution in [2.75, 3.05) is 12.0 Å². The number of thioether (sulfide) groups is 1. The van der Waals surface area contributed by atoms with E-state index >= 15 is 0 Å². The van der Waals surface area contributed by atoms with E-state index in [1.165, 1.54) is 11.8 Å². The van der Waals surface area contributed by atoms with Crippen molar-refractivity contribution in [3.05, 3.63) is 34.9 Å². The van der Waals surface area contributed by atoms with Gasteiger partial charge >= 0.3 is 0 Å². The number of hydrogen-bond donors (Lipinski definition) is 1. The highest BCUT2D eigenvalue weighted by Gasteiger charge is 2.12. The third-order valence-electron chi connectivity index (χ3n) is 2.27. The molecule has 1 aromatic rings. The summed E-state index contributed by atoms with van der Waals surface area (Å²) in [6.07, 6.45) is 2.78. The molecule has 0 spiro atoms. The van der Waals surface area contributed by atoms with Crippen molar-refractivity contribution in [3.8, 4) is 0 Å². The summed E-state index contributed by atoms with van der Waals surface area (Å²) in [6, 6.07) is 7.68. The molecule has 1 aromatic carbocycles. The first-order valence-corrected chi connectivity index (χ1v) is 6.98. The summed E-state index contributed by atoms with van der Waals surface area (Å²) in [7, 11) is 0. The maximum absolute atomic E-state index is 11.5. The Hall–Kier alpha value is -0.670. The number of nitrogens with one attached hydrogen (secondary N) is 1. The van der Waals surface area contributed by atoms with Crippen LogP contribution in [0, 0.1) is 0 Å². The minimum absolute atomic E-state index is 0.0540. The van der Waals surface area contributed by atoms with Gasteiger partial charge in [-0.3, -0.25) is 4.79 Å². The summed E-state index contributed by atoms with van der Waals surface area (Å²) in [5.41, 5.74) is 1.06. The number of amides is 1. The summed E-state index contributed by atoms with van der Waals surface area (Å²) in [5.74, 6) is 0.566. The lowest BCUT2D eigenvalue weighted by Crippen LogP contribution is -2.29. The van der Waals surface area contributed by atoms with Crippen molar-refractivity contribution in [2.45, 2.75) is 19.4 Å². The average Bonchev–Trinajstić information content (AvgIpc) is 2.26. The van der Waals surface area contributed by atoms with E-state index in [1.54, 1.807) is 0 Å². The summed E-state index contributed by atoms with van der Waals surface area (Å²) in [4.78, 5) is 11.5. The first kappa shape index (κ1) is 13.4. The zero-order chi connectivity index (χ0) is 12.0. The number of hydrogen-bond acceptors (Lipinski definition) is 2. The van der Waals surface area contributed by atoms with Gasteiger partial charge in [0.2, 0.25) is 5.91 Å². The summed E-state index contributed by atoms with van der Waals surface area (Å²) in [6.45, 7) is 2.05. The molecule has 1 atom stereocenters. The summed E-state index contributed by atoms with van der Waals surface area (Å²) in [5, 5.41) is 3.70. The molecule has 0 saturated heterocycles. The van der Waals surface area contributed by atoms with Crippen molar-refractivity contribution in [2.24, 2.45) is 0 Å². The Balaban J connectivity index is 2.70. The maximum Gasteiger partial charge on any atom is 0.230 e. The average molecular weight is 258 g/mol. The molecule has 1 unspecified atom stereocenters. The van der Waals surface area contributed by atoms with Gasteiger partial charge in [0.05, 0.1) is 11.8 Å². The van der Waals surface area contributed by atoms with Gasteiger partial charge in [0.15, 0.2) is 0 Å². The molecule has 4 heteroatoms. The van der Waals surface area contributed by atoms with E-state index in [4.69, 9.17) is 11.6 Å². The Morgan fingerprint density at radius 3 is 2.88 bits per heavy atom. The van der Waals surface area contributed by atoms with E-state index in [0.717, 1.165) is 12.0 Å². The molecule has 16 heavy (non-hydrogen) atoms. The molecule has 88 valence electrons. The summed E-state index contributed by atoms with van der Waals surface area (Å²) < 4.78 is 0. The molecule has 1 rings (SSSR count). The standard InChI is InChI=1S/C12H16ClNOS/c1-3-11(14-12(15)8-16-2)9-5-4-6-10(13)7-9/h4-7,11H,3,8H2,1-2H3,(H,14,15). The van der Waals surface area contributed by atoms with Crippen molar-refractivity contribution in [3.63, 3.8) is 0 Å². The van der Waals surface area contributed by atoms with E-state index in [1.807, 2.05) is 37.4 Å². The van der Waals surface area contributed by atoms with Crippen LogP contribution in [0.5, 0.6) is 0 Å². The number of rotatable bonds is 5. The van der Waals surface area contributed by atoms with Gasteiger partial charge in [-0.2, -0.15) is 11.8 Å². The minimum atomic E-state index is 0.0540. The number of carbonyl (C=O) groups excluding carboxylic acids is 1. The SMILES string of the molecule is CCC(NC(=O)CSC)c1cccc(Cl)c1. The molecule has 0 aliphatic heterocycles. The second-order valence-electron chi connectivity index (χ2n) is 3.52. The Morgan fingerprint density at radius 2 is 2.31 bits per heavy atom. The number of benzene rings is 1. The Morgan fingerprint density at radius 1 is 1.56 bits per heavy atom. The van der Waals surface area contributed by atoms with Crippen molar-refractivity contribution < 1.29 is 4.79 Å². The molecule has 0 heterocycles. The molecule has 1 N–H and O–H groups in total. The van der Waals surface area contributed by atoms with Crippen LogP contribution in [-0.2, 0) is 4.79 Å². The topological polar surface area (TPSA) is 29.1 Å². The maximum atomic E-state index is 11.5. The quantitative estimate of drug-likeness (QED) is 0.877. The number of carbonyl (C=O) groups is 1. The minimum Gasteiger partial charge on any atom is -0.349 e. The number of halogens is 1. The van der Waals surface area contributed by atoms with Crippen LogP contribution in [0.25, 0.3) is 0 Å². The molecule has 0 aromatic heterocycles. The van der Waals surface area contributed by atoms with E-state index in [0.29, 0.717) is 10.8 Å². The Bertz CT molecular complexity index is 357. The van der Waals surface area contributed by atoms with Gasteiger partial charge in [0.1, 0.15) is 0 Å². The van der Waals surface area contributed by atoms with Crippen molar-refractivity contribution in [1.82, 2.24) is 5.32 Å². The highest BCUT2D eigenvalue weighted by Crippen LogP contribution is 2.20. The third kappa shape index (κ3) is 4.06. The third-order valence-corrected chi connectivity index (χ3v) is 3.06. The fourth-order valence-corrected chi connectivity index (χ4v) is 2.06. The molecule has 0 fully saturated rings. The predicted octanol–water partition coefficient (Wildman–Crippen LogP) is 3.27. The van der Waals surface area contributed by atoms with Crippen molar-refractivity contribution >= 4 is 29.3 Å². The first-order chi connectivity index (χ1) is 7.67. The molecular formula is C12H16ClNOS. The zero-order valence-corrected chi connectivity index (χ0v) is 11.1. The van der Waals surface area contributed by atoms with E-state index in [2.05, 4.69) is 5.32 Å². The lowest BCUT2D eigenvalue weighted by Gasteiger charge is -2.17. The second kappa shape index (κ2) is 6.81. The molecular weight excluding hydrogens is 242 g/mol. The lowest BCUT2D eigenvalue weighted by molar-refractivity contribution is -0.119. The van der Waals surface area contributed by atoms with E-state index < -0.39 is 0 Å². The van der Waals surface area contributed by atoms with Crippen LogP contribution in [0.3, 0.4) is 0 Å². The lowest BCUT2D eigenvalue weighted by atomic mass is 10.0. The van der Waals surface area contributed by atoms with Gasteiger partial charge in [-0.1, -0.05) is 30.7 Å². The van der Waals surface area contributed by atoms with Crippen molar-refractivity contribution in [1.29, 1.82) is 0 Å². The normalized spacial score (nSPS) is 12.2. The fourth-order valence-electron chi connectivity index (χ4n) is 1.51. The van der Waals surface area contributed by atoms with Crippen LogP contribution in [-0.4, -0.2) is 17.9 Å². The highest BCUT2D eigenvalue weighted by atomic mass is 35.5. The van der Waals surface area contributed by atoms with Gasteiger partial charge in [0, 0.05) is 5.02 Å². The molecule has 0 aliphatic rings. The molecule has 0 radical (unpaired) electrons.